The summed E-state index contributed by atoms with van der Waals surface area (Å²) in [6, 6.07) is 4.61. The smallest absolute Gasteiger partial charge is 0.242 e. The van der Waals surface area contributed by atoms with Crippen molar-refractivity contribution in [2.24, 2.45) is 5.92 Å². The fraction of sp³-hybridized carbons (Fsp3) is 0.533. The molecule has 0 aliphatic rings. The molecule has 0 heterocycles. The molecule has 1 rings (SSSR count). The van der Waals surface area contributed by atoms with Crippen LogP contribution in [0.25, 0.3) is 0 Å². The van der Waals surface area contributed by atoms with Crippen molar-refractivity contribution in [1.29, 1.82) is 0 Å². The van der Waals surface area contributed by atoms with Crippen molar-refractivity contribution in [2.45, 2.75) is 39.7 Å². The van der Waals surface area contributed by atoms with Gasteiger partial charge in [-0.05, 0) is 43.4 Å². The summed E-state index contributed by atoms with van der Waals surface area (Å²) in [6.07, 6.45) is 1.67. The zero-order chi connectivity index (χ0) is 14.4. The molecule has 0 bridgehead atoms. The van der Waals surface area contributed by atoms with E-state index in [1.54, 1.807) is 26.1 Å². The average Bonchev–Trinajstić information content (AvgIpc) is 2.37. The number of nitrogens with one attached hydrogen (secondary N) is 2. The van der Waals surface area contributed by atoms with E-state index in [0.29, 0.717) is 17.2 Å². The van der Waals surface area contributed by atoms with Crippen LogP contribution in [0.1, 0.15) is 32.3 Å². The van der Waals surface area contributed by atoms with Crippen LogP contribution in [0.2, 0.25) is 0 Å². The monoisotopic (exact) mass is 266 g/mol. The van der Waals surface area contributed by atoms with Gasteiger partial charge in [-0.3, -0.25) is 4.79 Å². The number of amides is 1. The minimum Gasteiger partial charge on any atom is -0.374 e. The van der Waals surface area contributed by atoms with Gasteiger partial charge in [0.1, 0.15) is 11.9 Å². The Morgan fingerprint density at radius 2 is 2.00 bits per heavy atom. The first kappa shape index (κ1) is 15.5. The molecular formula is C15H23FN2O. The van der Waals surface area contributed by atoms with Crippen molar-refractivity contribution in [1.82, 2.24) is 5.32 Å². The van der Waals surface area contributed by atoms with Crippen LogP contribution >= 0.6 is 0 Å². The third-order valence-electron chi connectivity index (χ3n) is 3.11. The Balaban J connectivity index is 2.75. The summed E-state index contributed by atoms with van der Waals surface area (Å²) in [5.41, 5.74) is 1.24. The standard InChI is InChI=1S/C15H23FN2O/c1-10(2)5-8-14(15(19)17-4)18-12-7-6-11(3)13(16)9-12/h6-7,9-10,14,18H,5,8H2,1-4H3,(H,17,19). The van der Waals surface area contributed by atoms with Crippen LogP contribution < -0.4 is 10.6 Å². The maximum absolute atomic E-state index is 13.5. The van der Waals surface area contributed by atoms with Crippen LogP contribution in [0.5, 0.6) is 0 Å². The Bertz CT molecular complexity index is 432. The first-order valence-corrected chi connectivity index (χ1v) is 6.68. The number of aryl methyl sites for hydroxylation is 1. The second-order valence-electron chi connectivity index (χ2n) is 5.25. The minimum absolute atomic E-state index is 0.0679. The molecule has 0 spiro atoms. The largest absolute Gasteiger partial charge is 0.374 e. The van der Waals surface area contributed by atoms with Crippen molar-refractivity contribution >= 4 is 11.6 Å². The normalized spacial score (nSPS) is 12.3. The highest BCUT2D eigenvalue weighted by atomic mass is 19.1. The summed E-state index contributed by atoms with van der Waals surface area (Å²) >= 11 is 0. The predicted octanol–water partition coefficient (Wildman–Crippen LogP) is 3.10. The predicted molar refractivity (Wildman–Crippen MR) is 76.7 cm³/mol. The van der Waals surface area contributed by atoms with Gasteiger partial charge >= 0.3 is 0 Å². The fourth-order valence-electron chi connectivity index (χ4n) is 1.83. The molecule has 19 heavy (non-hydrogen) atoms. The molecular weight excluding hydrogens is 243 g/mol. The molecule has 0 aliphatic heterocycles. The molecule has 106 valence electrons. The minimum atomic E-state index is -0.325. The number of carbonyl (C=O) groups is 1. The second-order valence-corrected chi connectivity index (χ2v) is 5.25. The van der Waals surface area contributed by atoms with Gasteiger partial charge in [0.25, 0.3) is 0 Å². The lowest BCUT2D eigenvalue weighted by Gasteiger charge is -2.19. The Morgan fingerprint density at radius 3 is 2.53 bits per heavy atom. The van der Waals surface area contributed by atoms with Gasteiger partial charge in [-0.1, -0.05) is 19.9 Å². The van der Waals surface area contributed by atoms with Gasteiger partial charge in [-0.25, -0.2) is 4.39 Å². The third-order valence-corrected chi connectivity index (χ3v) is 3.11. The molecule has 1 aromatic rings. The molecule has 0 saturated heterocycles. The Morgan fingerprint density at radius 1 is 1.32 bits per heavy atom. The number of hydrogen-bond acceptors (Lipinski definition) is 2. The van der Waals surface area contributed by atoms with Crippen molar-refractivity contribution in [3.63, 3.8) is 0 Å². The van der Waals surface area contributed by atoms with E-state index in [9.17, 15) is 9.18 Å². The van der Waals surface area contributed by atoms with Crippen LogP contribution in [0.15, 0.2) is 18.2 Å². The van der Waals surface area contributed by atoms with Gasteiger partial charge in [0.05, 0.1) is 0 Å². The van der Waals surface area contributed by atoms with Gasteiger partial charge < -0.3 is 10.6 Å². The van der Waals surface area contributed by atoms with Gasteiger partial charge in [0, 0.05) is 12.7 Å². The first-order chi connectivity index (χ1) is 8.93. The molecule has 0 aliphatic carbocycles. The van der Waals surface area contributed by atoms with Crippen LogP contribution in [0.4, 0.5) is 10.1 Å². The molecule has 2 N–H and O–H groups in total. The number of halogens is 1. The van der Waals surface area contributed by atoms with Crippen molar-refractivity contribution in [3.8, 4) is 0 Å². The zero-order valence-corrected chi connectivity index (χ0v) is 12.1. The van der Waals surface area contributed by atoms with E-state index >= 15 is 0 Å². The summed E-state index contributed by atoms with van der Waals surface area (Å²) in [6.45, 7) is 5.95. The molecule has 0 saturated carbocycles. The highest BCUT2D eigenvalue weighted by Gasteiger charge is 2.17. The number of anilines is 1. The number of hydrogen-bond donors (Lipinski definition) is 2. The number of likely N-dealkylation sites (N-methyl/N-ethyl adjacent to an activating group) is 1. The van der Waals surface area contributed by atoms with E-state index in [1.807, 2.05) is 0 Å². The summed E-state index contributed by atoms with van der Waals surface area (Å²) in [5.74, 6) is 0.204. The lowest BCUT2D eigenvalue weighted by atomic mass is 10.0. The first-order valence-electron chi connectivity index (χ1n) is 6.68. The molecule has 0 fully saturated rings. The maximum Gasteiger partial charge on any atom is 0.242 e. The topological polar surface area (TPSA) is 41.1 Å². The van der Waals surface area contributed by atoms with Crippen LogP contribution in [0.3, 0.4) is 0 Å². The van der Waals surface area contributed by atoms with Crippen molar-refractivity contribution in [2.75, 3.05) is 12.4 Å². The van der Waals surface area contributed by atoms with Crippen molar-refractivity contribution in [3.05, 3.63) is 29.6 Å². The summed E-state index contributed by atoms with van der Waals surface area (Å²) in [7, 11) is 1.61. The highest BCUT2D eigenvalue weighted by Crippen LogP contribution is 2.17. The lowest BCUT2D eigenvalue weighted by Crippen LogP contribution is -2.38. The van der Waals surface area contributed by atoms with E-state index in [2.05, 4.69) is 24.5 Å². The zero-order valence-electron chi connectivity index (χ0n) is 12.1. The van der Waals surface area contributed by atoms with Gasteiger partial charge in [-0.15, -0.1) is 0 Å². The quantitative estimate of drug-likeness (QED) is 0.830. The van der Waals surface area contributed by atoms with Gasteiger partial charge in [0.2, 0.25) is 5.91 Å². The fourth-order valence-corrected chi connectivity index (χ4v) is 1.83. The molecule has 1 amide bonds. The van der Waals surface area contributed by atoms with E-state index < -0.39 is 0 Å². The van der Waals surface area contributed by atoms with E-state index in [4.69, 9.17) is 0 Å². The summed E-state index contributed by atoms with van der Waals surface area (Å²) < 4.78 is 13.5. The molecule has 1 aromatic carbocycles. The Labute approximate surface area is 114 Å². The van der Waals surface area contributed by atoms with E-state index in [0.717, 1.165) is 12.8 Å². The van der Waals surface area contributed by atoms with Crippen LogP contribution in [0, 0.1) is 18.7 Å². The molecule has 0 radical (unpaired) electrons. The summed E-state index contributed by atoms with van der Waals surface area (Å²) in [5, 5.41) is 5.74. The van der Waals surface area contributed by atoms with E-state index in [-0.39, 0.29) is 17.8 Å². The Hall–Kier alpha value is -1.58. The highest BCUT2D eigenvalue weighted by molar-refractivity contribution is 5.84. The molecule has 0 aromatic heterocycles. The molecule has 3 nitrogen and oxygen atoms in total. The molecule has 1 atom stereocenters. The van der Waals surface area contributed by atoms with Gasteiger partial charge in [-0.2, -0.15) is 0 Å². The Kier molecular flexibility index (Phi) is 5.80. The number of rotatable bonds is 6. The number of benzene rings is 1. The average molecular weight is 266 g/mol. The molecule has 4 heteroatoms. The SMILES string of the molecule is CNC(=O)C(CCC(C)C)Nc1ccc(C)c(F)c1. The van der Waals surface area contributed by atoms with Gasteiger partial charge in [0.15, 0.2) is 0 Å². The van der Waals surface area contributed by atoms with E-state index in [1.165, 1.54) is 6.07 Å². The maximum atomic E-state index is 13.5. The van der Waals surface area contributed by atoms with Crippen LogP contribution in [-0.2, 0) is 4.79 Å². The summed E-state index contributed by atoms with van der Waals surface area (Å²) in [4.78, 5) is 11.8. The third kappa shape index (κ3) is 4.89. The van der Waals surface area contributed by atoms with Crippen LogP contribution in [-0.4, -0.2) is 19.0 Å². The number of carbonyl (C=O) groups excluding carboxylic acids is 1. The lowest BCUT2D eigenvalue weighted by molar-refractivity contribution is -0.121. The van der Waals surface area contributed by atoms with Crippen molar-refractivity contribution < 1.29 is 9.18 Å². The molecule has 1 unspecified atom stereocenters. The second kappa shape index (κ2) is 7.12.